The molecule has 2 aromatic carbocycles. The van der Waals surface area contributed by atoms with Gasteiger partial charge in [-0.25, -0.2) is 13.6 Å². The first-order chi connectivity index (χ1) is 15.0. The fourth-order valence-electron chi connectivity index (χ4n) is 4.20. The minimum absolute atomic E-state index is 0.000580. The Balaban J connectivity index is 1.49. The van der Waals surface area contributed by atoms with Gasteiger partial charge >= 0.3 is 5.97 Å². The van der Waals surface area contributed by atoms with Gasteiger partial charge in [-0.15, -0.1) is 0 Å². The maximum Gasteiger partial charge on any atom is 0.338 e. The standard InChI is InChI=1S/C25H23F2NO3/c1-30-25(29)22-11-12-28-15-18(22)6-5-16-3-2-4-17-13-20(8-9-21(16)17)31-24-10-7-19(26)14-23(24)27/h7-16H,2-6H2,1H3/t16-/m0/s1. The van der Waals surface area contributed by atoms with Crippen molar-refractivity contribution in [3.63, 3.8) is 0 Å². The first-order valence-electron chi connectivity index (χ1n) is 10.3. The number of pyridine rings is 1. The van der Waals surface area contributed by atoms with Gasteiger partial charge in [0.05, 0.1) is 12.7 Å². The summed E-state index contributed by atoms with van der Waals surface area (Å²) in [6.07, 6.45) is 7.96. The summed E-state index contributed by atoms with van der Waals surface area (Å²) in [6, 6.07) is 10.8. The summed E-state index contributed by atoms with van der Waals surface area (Å²) >= 11 is 0. The number of esters is 1. The minimum atomic E-state index is -0.728. The van der Waals surface area contributed by atoms with Gasteiger partial charge in [-0.05, 0) is 85.0 Å². The summed E-state index contributed by atoms with van der Waals surface area (Å²) in [4.78, 5) is 16.2. The molecule has 160 valence electrons. The van der Waals surface area contributed by atoms with E-state index in [1.165, 1.54) is 30.4 Å². The van der Waals surface area contributed by atoms with Crippen molar-refractivity contribution in [3.05, 3.63) is 88.7 Å². The van der Waals surface area contributed by atoms with Gasteiger partial charge in [0.2, 0.25) is 0 Å². The highest BCUT2D eigenvalue weighted by molar-refractivity contribution is 5.90. The van der Waals surface area contributed by atoms with E-state index in [9.17, 15) is 13.6 Å². The average molecular weight is 423 g/mol. The number of ether oxygens (including phenoxy) is 2. The Kier molecular flexibility index (Phi) is 6.26. The lowest BCUT2D eigenvalue weighted by Gasteiger charge is -2.26. The molecule has 0 amide bonds. The van der Waals surface area contributed by atoms with E-state index in [1.54, 1.807) is 18.5 Å². The molecule has 1 atom stereocenters. The third-order valence-corrected chi connectivity index (χ3v) is 5.75. The second-order valence-corrected chi connectivity index (χ2v) is 7.69. The molecule has 0 aliphatic heterocycles. The molecule has 6 heteroatoms. The molecule has 1 aliphatic carbocycles. The van der Waals surface area contributed by atoms with Crippen LogP contribution in [0, 0.1) is 11.6 Å². The van der Waals surface area contributed by atoms with Crippen LogP contribution in [0.4, 0.5) is 8.78 Å². The quantitative estimate of drug-likeness (QED) is 0.457. The average Bonchev–Trinajstić information content (AvgIpc) is 2.79. The number of rotatable bonds is 6. The Morgan fingerprint density at radius 2 is 2.03 bits per heavy atom. The minimum Gasteiger partial charge on any atom is -0.465 e. The summed E-state index contributed by atoms with van der Waals surface area (Å²) in [7, 11) is 1.38. The molecule has 0 N–H and O–H groups in total. The lowest BCUT2D eigenvalue weighted by molar-refractivity contribution is 0.0599. The number of halogens is 2. The predicted octanol–water partition coefficient (Wildman–Crippen LogP) is 5.99. The molecule has 0 saturated carbocycles. The van der Waals surface area contributed by atoms with Gasteiger partial charge in [0.25, 0.3) is 0 Å². The Morgan fingerprint density at radius 1 is 1.16 bits per heavy atom. The van der Waals surface area contributed by atoms with Crippen LogP contribution in [0.2, 0.25) is 0 Å². The number of benzene rings is 2. The van der Waals surface area contributed by atoms with Crippen LogP contribution in [0.15, 0.2) is 54.9 Å². The first kappa shape index (κ1) is 21.0. The highest BCUT2D eigenvalue weighted by Crippen LogP contribution is 2.37. The number of carbonyl (C=O) groups excluding carboxylic acids is 1. The lowest BCUT2D eigenvalue weighted by atomic mass is 9.79. The number of methoxy groups -OCH3 is 1. The summed E-state index contributed by atoms with van der Waals surface area (Å²) in [5, 5.41) is 0. The van der Waals surface area contributed by atoms with Gasteiger partial charge in [0, 0.05) is 18.5 Å². The molecule has 1 aromatic heterocycles. The topological polar surface area (TPSA) is 48.4 Å². The van der Waals surface area contributed by atoms with Crippen molar-refractivity contribution in [1.82, 2.24) is 4.98 Å². The van der Waals surface area contributed by atoms with E-state index in [2.05, 4.69) is 4.98 Å². The molecule has 4 rings (SSSR count). The van der Waals surface area contributed by atoms with Crippen molar-refractivity contribution >= 4 is 5.97 Å². The van der Waals surface area contributed by atoms with Crippen molar-refractivity contribution in [1.29, 1.82) is 0 Å². The molecule has 4 nitrogen and oxygen atoms in total. The molecule has 0 unspecified atom stereocenters. The zero-order chi connectivity index (χ0) is 21.8. The maximum absolute atomic E-state index is 13.9. The molecule has 0 spiro atoms. The van der Waals surface area contributed by atoms with Crippen LogP contribution < -0.4 is 4.74 Å². The van der Waals surface area contributed by atoms with Crippen molar-refractivity contribution in [2.24, 2.45) is 0 Å². The first-order valence-corrected chi connectivity index (χ1v) is 10.3. The number of nitrogens with zero attached hydrogens (tertiary/aromatic N) is 1. The Bertz CT molecular complexity index is 1100. The van der Waals surface area contributed by atoms with E-state index in [4.69, 9.17) is 9.47 Å². The summed E-state index contributed by atoms with van der Waals surface area (Å²) in [5.74, 6) is -0.830. The normalized spacial score (nSPS) is 15.3. The molecule has 1 heterocycles. The van der Waals surface area contributed by atoms with Crippen LogP contribution in [-0.2, 0) is 17.6 Å². The van der Waals surface area contributed by atoms with Gasteiger partial charge in [0.15, 0.2) is 11.6 Å². The Morgan fingerprint density at radius 3 is 2.84 bits per heavy atom. The zero-order valence-electron chi connectivity index (χ0n) is 17.2. The summed E-state index contributed by atoms with van der Waals surface area (Å²) < 4.78 is 37.5. The maximum atomic E-state index is 13.9. The van der Waals surface area contributed by atoms with Gasteiger partial charge in [-0.2, -0.15) is 0 Å². The smallest absolute Gasteiger partial charge is 0.338 e. The summed E-state index contributed by atoms with van der Waals surface area (Å²) in [6.45, 7) is 0. The molecular weight excluding hydrogens is 400 g/mol. The number of hydrogen-bond acceptors (Lipinski definition) is 4. The highest BCUT2D eigenvalue weighted by Gasteiger charge is 2.22. The van der Waals surface area contributed by atoms with Crippen LogP contribution >= 0.6 is 0 Å². The Hall–Kier alpha value is -3.28. The van der Waals surface area contributed by atoms with E-state index >= 15 is 0 Å². The highest BCUT2D eigenvalue weighted by atomic mass is 19.1. The third-order valence-electron chi connectivity index (χ3n) is 5.75. The third kappa shape index (κ3) is 4.74. The molecule has 0 saturated heterocycles. The van der Waals surface area contributed by atoms with Crippen LogP contribution in [0.5, 0.6) is 11.5 Å². The van der Waals surface area contributed by atoms with Crippen LogP contribution in [-0.4, -0.2) is 18.1 Å². The number of hydrogen-bond donors (Lipinski definition) is 0. The van der Waals surface area contributed by atoms with Gasteiger partial charge in [0.1, 0.15) is 11.6 Å². The molecule has 31 heavy (non-hydrogen) atoms. The van der Waals surface area contributed by atoms with Gasteiger partial charge < -0.3 is 9.47 Å². The van der Waals surface area contributed by atoms with Crippen LogP contribution in [0.25, 0.3) is 0 Å². The van der Waals surface area contributed by atoms with Crippen LogP contribution in [0.1, 0.15) is 52.2 Å². The van der Waals surface area contributed by atoms with Crippen molar-refractivity contribution < 1.29 is 23.0 Å². The van der Waals surface area contributed by atoms with E-state index in [0.29, 0.717) is 17.2 Å². The second kappa shape index (κ2) is 9.25. The Labute approximate surface area is 179 Å². The largest absolute Gasteiger partial charge is 0.465 e. The number of aryl methyl sites for hydroxylation is 2. The number of fused-ring (bicyclic) bond motifs is 1. The van der Waals surface area contributed by atoms with Gasteiger partial charge in [-0.3, -0.25) is 4.98 Å². The fraction of sp³-hybridized carbons (Fsp3) is 0.280. The van der Waals surface area contributed by atoms with E-state index in [-0.39, 0.29) is 11.7 Å². The van der Waals surface area contributed by atoms with Crippen molar-refractivity contribution in [2.45, 2.75) is 38.0 Å². The zero-order valence-corrected chi connectivity index (χ0v) is 17.2. The van der Waals surface area contributed by atoms with E-state index in [1.807, 2.05) is 18.2 Å². The SMILES string of the molecule is COC(=O)c1ccncc1CC[C@@H]1CCCc2cc(Oc3ccc(F)cc3F)ccc21. The number of carbonyl (C=O) groups is 1. The lowest BCUT2D eigenvalue weighted by Crippen LogP contribution is -2.12. The molecule has 0 radical (unpaired) electrons. The van der Waals surface area contributed by atoms with Crippen molar-refractivity contribution in [2.75, 3.05) is 7.11 Å². The molecule has 3 aromatic rings. The second-order valence-electron chi connectivity index (χ2n) is 7.69. The van der Waals surface area contributed by atoms with Gasteiger partial charge in [-0.1, -0.05) is 6.07 Å². The molecule has 1 aliphatic rings. The fourth-order valence-corrected chi connectivity index (χ4v) is 4.20. The molecular formula is C25H23F2NO3. The predicted molar refractivity (Wildman–Crippen MR) is 112 cm³/mol. The summed E-state index contributed by atoms with van der Waals surface area (Å²) in [5.41, 5.74) is 3.86. The monoisotopic (exact) mass is 423 g/mol. The molecule has 0 bridgehead atoms. The number of aromatic nitrogens is 1. The van der Waals surface area contributed by atoms with Crippen LogP contribution in [0.3, 0.4) is 0 Å². The van der Waals surface area contributed by atoms with E-state index in [0.717, 1.165) is 43.7 Å². The van der Waals surface area contributed by atoms with E-state index < -0.39 is 11.6 Å². The molecule has 0 fully saturated rings. The van der Waals surface area contributed by atoms with Crippen molar-refractivity contribution in [3.8, 4) is 11.5 Å².